The smallest absolute Gasteiger partial charge is 0.223 e. The Hall–Kier alpha value is -1.40. The molecule has 1 atom stereocenters. The number of sulfone groups is 1. The number of benzene rings is 1. The summed E-state index contributed by atoms with van der Waals surface area (Å²) in [6.07, 6.45) is 3.15. The van der Waals surface area contributed by atoms with Crippen molar-refractivity contribution in [3.63, 3.8) is 0 Å². The van der Waals surface area contributed by atoms with Gasteiger partial charge in [-0.3, -0.25) is 4.79 Å². The lowest BCUT2D eigenvalue weighted by molar-refractivity contribution is -0.131. The highest BCUT2D eigenvalue weighted by Gasteiger charge is 2.24. The van der Waals surface area contributed by atoms with Gasteiger partial charge >= 0.3 is 0 Å². The molecule has 1 N–H and O–H groups in total. The number of nitrogens with zero attached hydrogens (tertiary/aromatic N) is 1. The van der Waals surface area contributed by atoms with Gasteiger partial charge in [0, 0.05) is 32.1 Å². The Balaban J connectivity index is 1.63. The molecule has 0 radical (unpaired) electrons. The van der Waals surface area contributed by atoms with Crippen molar-refractivity contribution in [1.82, 2.24) is 10.2 Å². The van der Waals surface area contributed by atoms with Crippen LogP contribution in [-0.2, 0) is 27.5 Å². The van der Waals surface area contributed by atoms with E-state index >= 15 is 0 Å². The molecule has 126 valence electrons. The molecule has 23 heavy (non-hydrogen) atoms. The summed E-state index contributed by atoms with van der Waals surface area (Å²) in [6, 6.07) is 5.68. The maximum absolute atomic E-state index is 12.5. The monoisotopic (exact) mass is 336 g/mol. The fourth-order valence-corrected chi connectivity index (χ4v) is 4.67. The molecule has 6 heteroatoms. The van der Waals surface area contributed by atoms with Gasteiger partial charge in [0.1, 0.15) is 0 Å². The van der Waals surface area contributed by atoms with Crippen LogP contribution in [0.1, 0.15) is 30.9 Å². The van der Waals surface area contributed by atoms with Crippen molar-refractivity contribution in [3.05, 3.63) is 29.3 Å². The van der Waals surface area contributed by atoms with Crippen molar-refractivity contribution in [3.8, 4) is 0 Å². The third kappa shape index (κ3) is 3.75. The Kier molecular flexibility index (Phi) is 4.73. The van der Waals surface area contributed by atoms with E-state index in [1.54, 1.807) is 17.0 Å². The van der Waals surface area contributed by atoms with Crippen molar-refractivity contribution in [2.45, 2.75) is 43.5 Å². The van der Waals surface area contributed by atoms with E-state index in [9.17, 15) is 13.2 Å². The number of nitrogens with one attached hydrogen (secondary N) is 1. The van der Waals surface area contributed by atoms with Crippen LogP contribution in [0.15, 0.2) is 23.1 Å². The van der Waals surface area contributed by atoms with Gasteiger partial charge in [0.2, 0.25) is 5.91 Å². The summed E-state index contributed by atoms with van der Waals surface area (Å²) in [5.74, 6) is -0.175. The van der Waals surface area contributed by atoms with E-state index in [2.05, 4.69) is 5.32 Å². The van der Waals surface area contributed by atoms with E-state index < -0.39 is 9.84 Å². The van der Waals surface area contributed by atoms with Crippen LogP contribution in [-0.4, -0.2) is 50.7 Å². The van der Waals surface area contributed by atoms with Gasteiger partial charge in [-0.2, -0.15) is 0 Å². The molecule has 3 rings (SSSR count). The van der Waals surface area contributed by atoms with Gasteiger partial charge in [0.15, 0.2) is 9.84 Å². The predicted octanol–water partition coefficient (Wildman–Crippen LogP) is 1.16. The van der Waals surface area contributed by atoms with E-state index in [4.69, 9.17) is 0 Å². The summed E-state index contributed by atoms with van der Waals surface area (Å²) >= 11 is 0. The maximum atomic E-state index is 12.5. The fourth-order valence-electron chi connectivity index (χ4n) is 3.40. The van der Waals surface area contributed by atoms with Gasteiger partial charge in [0.05, 0.1) is 10.6 Å². The normalized spacial score (nSPS) is 21.3. The number of carbonyl (C=O) groups is 1. The summed E-state index contributed by atoms with van der Waals surface area (Å²) < 4.78 is 25.0. The van der Waals surface area contributed by atoms with E-state index in [-0.39, 0.29) is 24.1 Å². The minimum atomic E-state index is -3.39. The average Bonchev–Trinajstić information content (AvgIpc) is 3.00. The molecule has 0 bridgehead atoms. The number of piperazine rings is 1. The van der Waals surface area contributed by atoms with E-state index in [0.29, 0.717) is 18.0 Å². The summed E-state index contributed by atoms with van der Waals surface area (Å²) in [4.78, 5) is 14.4. The van der Waals surface area contributed by atoms with Crippen molar-refractivity contribution < 1.29 is 13.2 Å². The molecular formula is C17H24N2O3S. The number of hydrogen-bond acceptors (Lipinski definition) is 4. The highest BCUT2D eigenvalue weighted by Crippen LogP contribution is 2.25. The molecule has 0 spiro atoms. The van der Waals surface area contributed by atoms with Gasteiger partial charge in [-0.25, -0.2) is 8.42 Å². The first-order valence-corrected chi connectivity index (χ1v) is 9.97. The van der Waals surface area contributed by atoms with E-state index in [1.165, 1.54) is 5.56 Å². The van der Waals surface area contributed by atoms with Gasteiger partial charge in [0.25, 0.3) is 0 Å². The van der Waals surface area contributed by atoms with Gasteiger partial charge in [-0.15, -0.1) is 0 Å². The lowest BCUT2D eigenvalue weighted by atomic mass is 10.1. The molecule has 1 aliphatic heterocycles. The summed E-state index contributed by atoms with van der Waals surface area (Å²) in [5, 5.41) is 3.28. The Labute approximate surface area is 138 Å². The molecule has 1 fully saturated rings. The summed E-state index contributed by atoms with van der Waals surface area (Å²) in [5.41, 5.74) is 2.41. The van der Waals surface area contributed by atoms with E-state index in [0.717, 1.165) is 31.4 Å². The molecule has 1 unspecified atom stereocenters. The summed E-state index contributed by atoms with van der Waals surface area (Å²) in [6.45, 7) is 4.10. The third-order valence-corrected chi connectivity index (χ3v) is 6.45. The Morgan fingerprint density at radius 1 is 1.30 bits per heavy atom. The topological polar surface area (TPSA) is 66.5 Å². The lowest BCUT2D eigenvalue weighted by Gasteiger charge is -2.31. The van der Waals surface area contributed by atoms with Gasteiger partial charge in [-0.05, 0) is 49.4 Å². The first kappa shape index (κ1) is 16.5. The highest BCUT2D eigenvalue weighted by atomic mass is 32.2. The Morgan fingerprint density at radius 2 is 2.09 bits per heavy atom. The van der Waals surface area contributed by atoms with Crippen LogP contribution in [0.4, 0.5) is 0 Å². The van der Waals surface area contributed by atoms with Crippen LogP contribution in [0.25, 0.3) is 0 Å². The number of rotatable bonds is 4. The molecule has 1 amide bonds. The molecule has 1 aromatic carbocycles. The fraction of sp³-hybridized carbons (Fsp3) is 0.588. The average molecular weight is 336 g/mol. The molecule has 1 saturated heterocycles. The molecule has 0 saturated carbocycles. The minimum Gasteiger partial charge on any atom is -0.340 e. The molecule has 1 aliphatic carbocycles. The molecule has 2 aliphatic rings. The van der Waals surface area contributed by atoms with Gasteiger partial charge in [-0.1, -0.05) is 6.07 Å². The van der Waals surface area contributed by atoms with E-state index in [1.807, 2.05) is 13.0 Å². The second-order valence-corrected chi connectivity index (χ2v) is 8.66. The molecule has 0 aromatic heterocycles. The standard InChI is InChI=1S/C17H24N2O3S/c1-13-12-19(9-8-18-13)17(20)7-10-23(21,22)16-6-5-14-3-2-4-15(14)11-16/h5-6,11,13,18H,2-4,7-10,12H2,1H3. The van der Waals surface area contributed by atoms with Crippen LogP contribution >= 0.6 is 0 Å². The first-order valence-electron chi connectivity index (χ1n) is 8.31. The van der Waals surface area contributed by atoms with Crippen molar-refractivity contribution in [2.24, 2.45) is 0 Å². The number of carbonyl (C=O) groups excluding carboxylic acids is 1. The minimum absolute atomic E-state index is 0.0616. The molecular weight excluding hydrogens is 312 g/mol. The first-order chi connectivity index (χ1) is 11.0. The number of amides is 1. The molecule has 5 nitrogen and oxygen atoms in total. The second-order valence-electron chi connectivity index (χ2n) is 6.55. The van der Waals surface area contributed by atoms with Crippen molar-refractivity contribution in [2.75, 3.05) is 25.4 Å². The van der Waals surface area contributed by atoms with Crippen LogP contribution < -0.4 is 5.32 Å². The Bertz CT molecular complexity index is 700. The van der Waals surface area contributed by atoms with Crippen molar-refractivity contribution >= 4 is 15.7 Å². The highest BCUT2D eigenvalue weighted by molar-refractivity contribution is 7.91. The number of aryl methyl sites for hydroxylation is 2. The quantitative estimate of drug-likeness (QED) is 0.896. The zero-order chi connectivity index (χ0) is 16.4. The zero-order valence-electron chi connectivity index (χ0n) is 13.5. The second kappa shape index (κ2) is 6.61. The number of hydrogen-bond donors (Lipinski definition) is 1. The SMILES string of the molecule is CC1CN(C(=O)CCS(=O)(=O)c2ccc3c(c2)CCC3)CCN1. The lowest BCUT2D eigenvalue weighted by Crippen LogP contribution is -2.51. The third-order valence-electron chi connectivity index (χ3n) is 4.74. The number of fused-ring (bicyclic) bond motifs is 1. The largest absolute Gasteiger partial charge is 0.340 e. The molecule has 1 heterocycles. The summed E-state index contributed by atoms with van der Waals surface area (Å²) in [7, 11) is -3.39. The van der Waals surface area contributed by atoms with Crippen LogP contribution in [0.2, 0.25) is 0 Å². The predicted molar refractivity (Wildman–Crippen MR) is 89.2 cm³/mol. The maximum Gasteiger partial charge on any atom is 0.223 e. The van der Waals surface area contributed by atoms with Crippen LogP contribution in [0.3, 0.4) is 0 Å². The molecule has 1 aromatic rings. The van der Waals surface area contributed by atoms with Gasteiger partial charge < -0.3 is 10.2 Å². The van der Waals surface area contributed by atoms with Crippen LogP contribution in [0, 0.1) is 0 Å². The Morgan fingerprint density at radius 3 is 2.87 bits per heavy atom. The van der Waals surface area contributed by atoms with Crippen molar-refractivity contribution in [1.29, 1.82) is 0 Å². The van der Waals surface area contributed by atoms with Crippen LogP contribution in [0.5, 0.6) is 0 Å². The zero-order valence-corrected chi connectivity index (χ0v) is 14.4.